The third-order valence-corrected chi connectivity index (χ3v) is 5.63. The summed E-state index contributed by atoms with van der Waals surface area (Å²) < 4.78 is 0. The molecule has 2 heterocycles. The second-order valence-electron chi connectivity index (χ2n) is 8.95. The van der Waals surface area contributed by atoms with Crippen LogP contribution in [0.3, 0.4) is 0 Å². The zero-order valence-electron chi connectivity index (χ0n) is 17.8. The van der Waals surface area contributed by atoms with E-state index in [1.165, 1.54) is 5.56 Å². The van der Waals surface area contributed by atoms with Gasteiger partial charge in [0, 0.05) is 18.8 Å². The summed E-state index contributed by atoms with van der Waals surface area (Å²) >= 11 is 0. The summed E-state index contributed by atoms with van der Waals surface area (Å²) in [5, 5.41) is 4.50. The molecule has 6 nitrogen and oxygen atoms in total. The SMILES string of the molecule is CC(C)(C)c1ccc(NC(=O)ON2CCC3(C=C(c4ccccc4)NO3)CC2)cc1. The Bertz CT molecular complexity index is 909. The van der Waals surface area contributed by atoms with Crippen molar-refractivity contribution in [3.63, 3.8) is 0 Å². The van der Waals surface area contributed by atoms with E-state index in [9.17, 15) is 4.79 Å². The van der Waals surface area contributed by atoms with Gasteiger partial charge in [-0.05, 0) is 47.6 Å². The molecule has 0 bridgehead atoms. The normalized spacial score (nSPS) is 18.6. The highest BCUT2D eigenvalue weighted by Crippen LogP contribution is 2.34. The predicted molar refractivity (Wildman–Crippen MR) is 117 cm³/mol. The van der Waals surface area contributed by atoms with Crippen LogP contribution in [-0.4, -0.2) is 29.8 Å². The van der Waals surface area contributed by atoms with Gasteiger partial charge in [0.15, 0.2) is 0 Å². The zero-order chi connectivity index (χ0) is 21.2. The molecular formula is C24H29N3O3. The number of hydrogen-bond acceptors (Lipinski definition) is 5. The van der Waals surface area contributed by atoms with Gasteiger partial charge in [-0.25, -0.2) is 4.79 Å². The number of rotatable bonds is 3. The lowest BCUT2D eigenvalue weighted by Crippen LogP contribution is -2.45. The lowest BCUT2D eigenvalue weighted by atomic mass is 9.87. The molecule has 6 heteroatoms. The monoisotopic (exact) mass is 407 g/mol. The molecular weight excluding hydrogens is 378 g/mol. The van der Waals surface area contributed by atoms with Crippen molar-refractivity contribution in [1.29, 1.82) is 0 Å². The van der Waals surface area contributed by atoms with E-state index in [1.54, 1.807) is 5.06 Å². The molecule has 0 unspecified atom stereocenters. The molecule has 0 aromatic heterocycles. The Morgan fingerprint density at radius 3 is 2.37 bits per heavy atom. The Balaban J connectivity index is 1.29. The van der Waals surface area contributed by atoms with Crippen LogP contribution in [0.15, 0.2) is 60.7 Å². The summed E-state index contributed by atoms with van der Waals surface area (Å²) in [5.41, 5.74) is 6.81. The molecule has 2 aliphatic heterocycles. The highest BCUT2D eigenvalue weighted by atomic mass is 16.7. The van der Waals surface area contributed by atoms with Crippen molar-refractivity contribution < 1.29 is 14.5 Å². The van der Waals surface area contributed by atoms with E-state index >= 15 is 0 Å². The van der Waals surface area contributed by atoms with E-state index in [0.717, 1.165) is 29.8 Å². The molecule has 2 N–H and O–H groups in total. The van der Waals surface area contributed by atoms with Crippen LogP contribution < -0.4 is 10.8 Å². The van der Waals surface area contributed by atoms with Crippen molar-refractivity contribution in [3.8, 4) is 0 Å². The molecule has 2 aromatic carbocycles. The number of carbonyl (C=O) groups excluding carboxylic acids is 1. The fourth-order valence-electron chi connectivity index (χ4n) is 3.75. The van der Waals surface area contributed by atoms with Crippen molar-refractivity contribution in [2.24, 2.45) is 0 Å². The molecule has 30 heavy (non-hydrogen) atoms. The maximum atomic E-state index is 12.3. The molecule has 0 aliphatic carbocycles. The number of hydrogen-bond donors (Lipinski definition) is 2. The summed E-state index contributed by atoms with van der Waals surface area (Å²) in [6.45, 7) is 7.70. The van der Waals surface area contributed by atoms with Gasteiger partial charge in [-0.2, -0.15) is 0 Å². The average Bonchev–Trinajstić information content (AvgIpc) is 3.14. The molecule has 0 atom stereocenters. The largest absolute Gasteiger partial charge is 0.430 e. The van der Waals surface area contributed by atoms with Gasteiger partial charge in [0.2, 0.25) is 0 Å². The molecule has 1 amide bonds. The first-order valence-corrected chi connectivity index (χ1v) is 10.4. The van der Waals surface area contributed by atoms with Crippen molar-refractivity contribution >= 4 is 17.5 Å². The molecule has 158 valence electrons. The Morgan fingerprint density at radius 2 is 1.73 bits per heavy atom. The Kier molecular flexibility index (Phi) is 5.54. The summed E-state index contributed by atoms with van der Waals surface area (Å²) in [4.78, 5) is 23.7. The van der Waals surface area contributed by atoms with Gasteiger partial charge in [-0.15, -0.1) is 5.06 Å². The maximum Gasteiger partial charge on any atom is 0.430 e. The molecule has 0 saturated carbocycles. The topological polar surface area (TPSA) is 62.8 Å². The van der Waals surface area contributed by atoms with E-state index in [-0.39, 0.29) is 11.0 Å². The van der Waals surface area contributed by atoms with Crippen LogP contribution in [0.2, 0.25) is 0 Å². The van der Waals surface area contributed by atoms with E-state index in [0.29, 0.717) is 13.1 Å². The number of nitrogens with zero attached hydrogens (tertiary/aromatic N) is 1. The fourth-order valence-corrected chi connectivity index (χ4v) is 3.75. The Morgan fingerprint density at radius 1 is 1.07 bits per heavy atom. The second kappa shape index (κ2) is 8.13. The fraction of sp³-hybridized carbons (Fsp3) is 0.375. The Labute approximate surface area is 177 Å². The van der Waals surface area contributed by atoms with Crippen LogP contribution in [0.4, 0.5) is 10.5 Å². The highest BCUT2D eigenvalue weighted by Gasteiger charge is 2.39. The minimum Gasteiger partial charge on any atom is -0.351 e. The van der Waals surface area contributed by atoms with Gasteiger partial charge in [-0.3, -0.25) is 15.6 Å². The van der Waals surface area contributed by atoms with Gasteiger partial charge in [0.1, 0.15) is 5.60 Å². The van der Waals surface area contributed by atoms with Crippen molar-refractivity contribution in [1.82, 2.24) is 10.5 Å². The molecule has 2 aromatic rings. The third-order valence-electron chi connectivity index (χ3n) is 5.63. The number of carbonyl (C=O) groups is 1. The summed E-state index contributed by atoms with van der Waals surface area (Å²) in [6.07, 6.45) is 3.16. The van der Waals surface area contributed by atoms with Gasteiger partial charge < -0.3 is 4.84 Å². The summed E-state index contributed by atoms with van der Waals surface area (Å²) in [6, 6.07) is 18.0. The summed E-state index contributed by atoms with van der Waals surface area (Å²) in [7, 11) is 0. The number of anilines is 1. The van der Waals surface area contributed by atoms with Crippen molar-refractivity contribution in [3.05, 3.63) is 71.8 Å². The second-order valence-corrected chi connectivity index (χ2v) is 8.95. The Hall–Kier alpha value is -2.83. The van der Waals surface area contributed by atoms with E-state index in [1.807, 2.05) is 42.5 Å². The smallest absolute Gasteiger partial charge is 0.351 e. The van der Waals surface area contributed by atoms with E-state index in [2.05, 4.69) is 49.8 Å². The minimum atomic E-state index is -0.472. The van der Waals surface area contributed by atoms with Crippen LogP contribution in [0, 0.1) is 0 Å². The first-order chi connectivity index (χ1) is 14.3. The lowest BCUT2D eigenvalue weighted by molar-refractivity contribution is -0.153. The van der Waals surface area contributed by atoms with Gasteiger partial charge in [0.25, 0.3) is 0 Å². The third kappa shape index (κ3) is 4.66. The first kappa shape index (κ1) is 20.4. The van der Waals surface area contributed by atoms with E-state index in [4.69, 9.17) is 9.68 Å². The van der Waals surface area contributed by atoms with E-state index < -0.39 is 6.09 Å². The van der Waals surface area contributed by atoms with Crippen LogP contribution in [0.25, 0.3) is 5.70 Å². The minimum absolute atomic E-state index is 0.0782. The number of amides is 1. The molecule has 2 aliphatic rings. The molecule has 4 rings (SSSR count). The van der Waals surface area contributed by atoms with Crippen molar-refractivity contribution in [2.45, 2.75) is 44.6 Å². The maximum absolute atomic E-state index is 12.3. The number of nitrogens with one attached hydrogen (secondary N) is 2. The zero-order valence-corrected chi connectivity index (χ0v) is 17.8. The van der Waals surface area contributed by atoms with Gasteiger partial charge >= 0.3 is 6.09 Å². The molecule has 1 spiro atoms. The number of piperidine rings is 1. The van der Waals surface area contributed by atoms with Crippen LogP contribution in [0.1, 0.15) is 44.7 Å². The van der Waals surface area contributed by atoms with Gasteiger partial charge in [0.05, 0.1) is 5.70 Å². The van der Waals surface area contributed by atoms with Gasteiger partial charge in [-0.1, -0.05) is 63.2 Å². The molecule has 1 fully saturated rings. The summed E-state index contributed by atoms with van der Waals surface area (Å²) in [5.74, 6) is 0. The molecule has 0 radical (unpaired) electrons. The standard InChI is InChI=1S/C24H29N3O3/c1-23(2,3)19-9-11-20(12-10-19)25-22(28)29-27-15-13-24(14-16-27)17-21(26-30-24)18-7-5-4-6-8-18/h4-12,17,26H,13-16H2,1-3H3,(H,25,28). The van der Waals surface area contributed by atoms with Crippen LogP contribution in [0.5, 0.6) is 0 Å². The number of hydroxylamine groups is 3. The average molecular weight is 408 g/mol. The van der Waals surface area contributed by atoms with Crippen molar-refractivity contribution in [2.75, 3.05) is 18.4 Å². The first-order valence-electron chi connectivity index (χ1n) is 10.4. The molecule has 1 saturated heterocycles. The highest BCUT2D eigenvalue weighted by molar-refractivity contribution is 5.84. The van der Waals surface area contributed by atoms with Crippen LogP contribution in [-0.2, 0) is 15.1 Å². The van der Waals surface area contributed by atoms with Crippen LogP contribution >= 0.6 is 0 Å². The quantitative estimate of drug-likeness (QED) is 0.761. The predicted octanol–water partition coefficient (Wildman–Crippen LogP) is 4.86. The number of benzene rings is 2. The lowest BCUT2D eigenvalue weighted by Gasteiger charge is -2.35.